The molecule has 0 spiro atoms. The molecule has 1 rings (SSSR count). The molecule has 0 bridgehead atoms. The molecule has 106 valence electrons. The molecule has 0 aliphatic rings. The fraction of sp³-hybridized carbons (Fsp3) is 0.500. The van der Waals surface area contributed by atoms with Gasteiger partial charge < -0.3 is 5.73 Å². The molecule has 0 aliphatic carbocycles. The molecule has 0 fully saturated rings. The molecular formula is C12H15F3N2O2. The molecule has 1 aromatic carbocycles. The van der Waals surface area contributed by atoms with E-state index in [0.29, 0.717) is 18.4 Å². The van der Waals surface area contributed by atoms with E-state index >= 15 is 0 Å². The second-order valence-electron chi connectivity index (χ2n) is 4.28. The topological polar surface area (TPSA) is 69.2 Å². The van der Waals surface area contributed by atoms with Crippen LogP contribution in [-0.4, -0.2) is 17.1 Å². The fourth-order valence-corrected chi connectivity index (χ4v) is 1.74. The van der Waals surface area contributed by atoms with Crippen LogP contribution >= 0.6 is 0 Å². The first-order valence-corrected chi connectivity index (χ1v) is 5.87. The summed E-state index contributed by atoms with van der Waals surface area (Å²) in [6.07, 6.45) is -3.44. The minimum absolute atomic E-state index is 0.00243. The van der Waals surface area contributed by atoms with Crippen LogP contribution in [0.5, 0.6) is 0 Å². The summed E-state index contributed by atoms with van der Waals surface area (Å²) in [5.74, 6) is 0. The third kappa shape index (κ3) is 4.86. The van der Waals surface area contributed by atoms with Crippen LogP contribution in [0.2, 0.25) is 0 Å². The minimum Gasteiger partial charge on any atom is -0.320 e. The maximum absolute atomic E-state index is 12.2. The molecule has 1 atom stereocenters. The summed E-state index contributed by atoms with van der Waals surface area (Å²) in [6, 6.07) is 4.40. The standard InChI is InChI=1S/C12H15F3N2O2/c13-12(14,15)11(16)8-4-2-6-9-5-1-3-7-10(9)17(18)19/h1,3,5,7,11H,2,4,6,8,16H2/t11-/m0/s1. The van der Waals surface area contributed by atoms with Gasteiger partial charge in [0.15, 0.2) is 0 Å². The number of nitro benzene ring substituents is 1. The number of hydrogen-bond acceptors (Lipinski definition) is 3. The Morgan fingerprint density at radius 3 is 2.47 bits per heavy atom. The van der Waals surface area contributed by atoms with E-state index < -0.39 is 17.1 Å². The molecule has 2 N–H and O–H groups in total. The van der Waals surface area contributed by atoms with Gasteiger partial charge in [0.05, 0.1) is 4.92 Å². The predicted molar refractivity (Wildman–Crippen MR) is 64.7 cm³/mol. The first-order chi connectivity index (χ1) is 8.82. The van der Waals surface area contributed by atoms with E-state index in [-0.39, 0.29) is 18.5 Å². The van der Waals surface area contributed by atoms with Gasteiger partial charge in [0.1, 0.15) is 6.04 Å². The molecule has 0 saturated heterocycles. The van der Waals surface area contributed by atoms with Crippen molar-refractivity contribution in [2.75, 3.05) is 0 Å². The number of unbranched alkanes of at least 4 members (excludes halogenated alkanes) is 1. The number of hydrogen-bond donors (Lipinski definition) is 1. The Labute approximate surface area is 108 Å². The second kappa shape index (κ2) is 6.51. The van der Waals surface area contributed by atoms with Crippen LogP contribution in [0.25, 0.3) is 0 Å². The number of alkyl halides is 3. The maximum Gasteiger partial charge on any atom is 0.403 e. The number of halogens is 3. The van der Waals surface area contributed by atoms with Crippen LogP contribution in [0.3, 0.4) is 0 Å². The molecule has 19 heavy (non-hydrogen) atoms. The first-order valence-electron chi connectivity index (χ1n) is 5.87. The highest BCUT2D eigenvalue weighted by molar-refractivity contribution is 5.39. The number of nitrogens with zero attached hydrogens (tertiary/aromatic N) is 1. The smallest absolute Gasteiger partial charge is 0.320 e. The van der Waals surface area contributed by atoms with Crippen LogP contribution in [0.4, 0.5) is 18.9 Å². The Kier molecular flexibility index (Phi) is 5.29. The summed E-state index contributed by atoms with van der Waals surface area (Å²) in [4.78, 5) is 10.2. The van der Waals surface area contributed by atoms with E-state index in [9.17, 15) is 23.3 Å². The predicted octanol–water partition coefficient (Wildman–Crippen LogP) is 3.20. The molecule has 4 nitrogen and oxygen atoms in total. The van der Waals surface area contributed by atoms with Gasteiger partial charge in [-0.05, 0) is 19.3 Å². The van der Waals surface area contributed by atoms with Crippen molar-refractivity contribution < 1.29 is 18.1 Å². The van der Waals surface area contributed by atoms with Gasteiger partial charge in [-0.15, -0.1) is 0 Å². The van der Waals surface area contributed by atoms with Crippen molar-refractivity contribution in [2.24, 2.45) is 5.73 Å². The van der Waals surface area contributed by atoms with Crippen molar-refractivity contribution in [3.63, 3.8) is 0 Å². The highest BCUT2D eigenvalue weighted by Gasteiger charge is 2.35. The van der Waals surface area contributed by atoms with E-state index in [4.69, 9.17) is 5.73 Å². The summed E-state index contributed by atoms with van der Waals surface area (Å²) in [5.41, 5.74) is 5.51. The average Bonchev–Trinajstić information content (AvgIpc) is 2.33. The van der Waals surface area contributed by atoms with Crippen molar-refractivity contribution in [2.45, 2.75) is 37.9 Å². The lowest BCUT2D eigenvalue weighted by atomic mass is 10.0. The van der Waals surface area contributed by atoms with Gasteiger partial charge in [0.2, 0.25) is 0 Å². The van der Waals surface area contributed by atoms with Crippen molar-refractivity contribution in [1.82, 2.24) is 0 Å². The number of nitrogens with two attached hydrogens (primary N) is 1. The van der Waals surface area contributed by atoms with Gasteiger partial charge in [0, 0.05) is 11.6 Å². The Morgan fingerprint density at radius 1 is 1.26 bits per heavy atom. The molecule has 1 aromatic rings. The Balaban J connectivity index is 2.44. The number of benzene rings is 1. The maximum atomic E-state index is 12.2. The highest BCUT2D eigenvalue weighted by atomic mass is 19.4. The highest BCUT2D eigenvalue weighted by Crippen LogP contribution is 2.24. The number of nitro groups is 1. The van der Waals surface area contributed by atoms with Crippen LogP contribution in [0.1, 0.15) is 24.8 Å². The van der Waals surface area contributed by atoms with Crippen LogP contribution in [-0.2, 0) is 6.42 Å². The van der Waals surface area contributed by atoms with Crippen molar-refractivity contribution in [3.05, 3.63) is 39.9 Å². The molecule has 0 heterocycles. The van der Waals surface area contributed by atoms with Crippen LogP contribution in [0.15, 0.2) is 24.3 Å². The lowest BCUT2D eigenvalue weighted by molar-refractivity contribution is -0.385. The fourth-order valence-electron chi connectivity index (χ4n) is 1.74. The van der Waals surface area contributed by atoms with Crippen molar-refractivity contribution >= 4 is 5.69 Å². The molecule has 0 saturated carbocycles. The zero-order valence-corrected chi connectivity index (χ0v) is 10.2. The van der Waals surface area contributed by atoms with Crippen molar-refractivity contribution in [3.8, 4) is 0 Å². The minimum atomic E-state index is -4.38. The van der Waals surface area contributed by atoms with E-state index in [1.54, 1.807) is 18.2 Å². The average molecular weight is 276 g/mol. The SMILES string of the molecule is N[C@@H](CCCCc1ccccc1[N+](=O)[O-])C(F)(F)F. The summed E-state index contributed by atoms with van der Waals surface area (Å²) in [6.45, 7) is 0. The van der Waals surface area contributed by atoms with E-state index in [1.807, 2.05) is 0 Å². The third-order valence-corrected chi connectivity index (χ3v) is 2.82. The Morgan fingerprint density at radius 2 is 1.89 bits per heavy atom. The summed E-state index contributed by atoms with van der Waals surface area (Å²) in [5, 5.41) is 10.7. The lowest BCUT2D eigenvalue weighted by Crippen LogP contribution is -2.37. The molecular weight excluding hydrogens is 261 g/mol. The molecule has 0 unspecified atom stereocenters. The zero-order chi connectivity index (χ0) is 14.5. The summed E-state index contributed by atoms with van der Waals surface area (Å²) < 4.78 is 36.5. The van der Waals surface area contributed by atoms with Gasteiger partial charge >= 0.3 is 6.18 Å². The lowest BCUT2D eigenvalue weighted by Gasteiger charge is -2.14. The van der Waals surface area contributed by atoms with E-state index in [1.165, 1.54) is 6.07 Å². The van der Waals surface area contributed by atoms with Crippen LogP contribution < -0.4 is 5.73 Å². The third-order valence-electron chi connectivity index (χ3n) is 2.82. The number of para-hydroxylation sites is 1. The molecule has 0 amide bonds. The Bertz CT molecular complexity index is 435. The van der Waals surface area contributed by atoms with Gasteiger partial charge in [-0.25, -0.2) is 0 Å². The van der Waals surface area contributed by atoms with Gasteiger partial charge in [0.25, 0.3) is 5.69 Å². The second-order valence-corrected chi connectivity index (χ2v) is 4.28. The molecule has 0 aromatic heterocycles. The van der Waals surface area contributed by atoms with Crippen LogP contribution in [0, 0.1) is 10.1 Å². The quantitative estimate of drug-likeness (QED) is 0.493. The van der Waals surface area contributed by atoms with E-state index in [0.717, 1.165) is 0 Å². The van der Waals surface area contributed by atoms with Gasteiger partial charge in [-0.1, -0.05) is 24.6 Å². The molecule has 0 aliphatic heterocycles. The number of rotatable bonds is 6. The Hall–Kier alpha value is -1.63. The first kappa shape index (κ1) is 15.4. The van der Waals surface area contributed by atoms with Gasteiger partial charge in [-0.2, -0.15) is 13.2 Å². The van der Waals surface area contributed by atoms with Gasteiger partial charge in [-0.3, -0.25) is 10.1 Å². The number of aryl methyl sites for hydroxylation is 1. The summed E-state index contributed by atoms with van der Waals surface area (Å²) >= 11 is 0. The largest absolute Gasteiger partial charge is 0.403 e. The van der Waals surface area contributed by atoms with Crippen molar-refractivity contribution in [1.29, 1.82) is 0 Å². The summed E-state index contributed by atoms with van der Waals surface area (Å²) in [7, 11) is 0. The monoisotopic (exact) mass is 276 g/mol. The van der Waals surface area contributed by atoms with E-state index in [2.05, 4.69) is 0 Å². The molecule has 7 heteroatoms. The molecule has 0 radical (unpaired) electrons. The zero-order valence-electron chi connectivity index (χ0n) is 10.2. The normalized spacial score (nSPS) is 13.3.